The molecule has 6 nitrogen and oxygen atoms in total. The number of rotatable bonds is 3. The number of nitrogens with zero attached hydrogens (tertiary/aromatic N) is 3. The third kappa shape index (κ3) is 2.99. The minimum absolute atomic E-state index is 0.183. The van der Waals surface area contributed by atoms with E-state index in [0.29, 0.717) is 5.69 Å². The Balaban J connectivity index is 2.18. The number of ether oxygens (including phenoxy) is 1. The molecule has 0 aliphatic heterocycles. The topological polar surface area (TPSA) is 78.0 Å². The lowest BCUT2D eigenvalue weighted by molar-refractivity contribution is 0.392. The van der Waals surface area contributed by atoms with Crippen LogP contribution in [0.15, 0.2) is 18.3 Å². The molecule has 2 aromatic rings. The fourth-order valence-electron chi connectivity index (χ4n) is 1.44. The van der Waals surface area contributed by atoms with Crippen LogP contribution in [0.1, 0.15) is 5.69 Å². The van der Waals surface area contributed by atoms with E-state index in [4.69, 9.17) is 22.7 Å². The van der Waals surface area contributed by atoms with E-state index in [2.05, 4.69) is 15.6 Å². The molecule has 20 heavy (non-hydrogen) atoms. The standard InChI is InChI=1S/C11H11F2N5OS/c1-19-11(20)15-4-6-5-18(17-16-6)7-2-8(12)10(14)9(13)3-7/h2-3,5H,4,14H2,1H3,(H,15,20). The van der Waals surface area contributed by atoms with Crippen LogP contribution < -0.4 is 11.1 Å². The molecule has 1 aromatic carbocycles. The van der Waals surface area contributed by atoms with Crippen LogP contribution >= 0.6 is 12.2 Å². The Bertz CT molecular complexity index is 622. The second-order valence-electron chi connectivity index (χ2n) is 3.82. The van der Waals surface area contributed by atoms with Gasteiger partial charge in [0.25, 0.3) is 5.17 Å². The summed E-state index contributed by atoms with van der Waals surface area (Å²) >= 11 is 4.80. The van der Waals surface area contributed by atoms with E-state index >= 15 is 0 Å². The Labute approximate surface area is 118 Å². The van der Waals surface area contributed by atoms with E-state index in [1.54, 1.807) is 0 Å². The van der Waals surface area contributed by atoms with Gasteiger partial charge in [-0.25, -0.2) is 13.5 Å². The Hall–Kier alpha value is -2.29. The first kappa shape index (κ1) is 14.1. The Kier molecular flexibility index (Phi) is 4.08. The lowest BCUT2D eigenvalue weighted by Crippen LogP contribution is -2.22. The molecule has 0 saturated heterocycles. The SMILES string of the molecule is COC(=S)NCc1cn(-c2cc(F)c(N)c(F)c2)nn1. The predicted octanol–water partition coefficient (Wildman–Crippen LogP) is 1.15. The maximum absolute atomic E-state index is 13.4. The van der Waals surface area contributed by atoms with Crippen LogP contribution in [-0.2, 0) is 11.3 Å². The lowest BCUT2D eigenvalue weighted by Gasteiger charge is -2.04. The van der Waals surface area contributed by atoms with E-state index in [9.17, 15) is 8.78 Å². The van der Waals surface area contributed by atoms with Crippen molar-refractivity contribution in [3.8, 4) is 5.69 Å². The molecular weight excluding hydrogens is 288 g/mol. The van der Waals surface area contributed by atoms with Crippen LogP contribution in [0.4, 0.5) is 14.5 Å². The number of hydrogen-bond acceptors (Lipinski definition) is 5. The molecule has 9 heteroatoms. The van der Waals surface area contributed by atoms with E-state index < -0.39 is 17.3 Å². The van der Waals surface area contributed by atoms with Crippen molar-refractivity contribution in [1.29, 1.82) is 0 Å². The summed E-state index contributed by atoms with van der Waals surface area (Å²) in [5, 5.41) is 10.6. The molecule has 0 aliphatic rings. The molecule has 3 N–H and O–H groups in total. The van der Waals surface area contributed by atoms with Crippen molar-refractivity contribution in [2.45, 2.75) is 6.54 Å². The van der Waals surface area contributed by atoms with Gasteiger partial charge >= 0.3 is 0 Å². The highest BCUT2D eigenvalue weighted by atomic mass is 32.1. The summed E-state index contributed by atoms with van der Waals surface area (Å²) in [6.45, 7) is 0.284. The highest BCUT2D eigenvalue weighted by molar-refractivity contribution is 7.80. The van der Waals surface area contributed by atoms with Gasteiger partial charge in [-0.05, 0) is 12.2 Å². The normalized spacial score (nSPS) is 10.3. The average Bonchev–Trinajstić information content (AvgIpc) is 2.90. The van der Waals surface area contributed by atoms with E-state index in [-0.39, 0.29) is 17.4 Å². The quantitative estimate of drug-likeness (QED) is 0.654. The van der Waals surface area contributed by atoms with E-state index in [1.165, 1.54) is 18.0 Å². The second-order valence-corrected chi connectivity index (χ2v) is 4.19. The largest absolute Gasteiger partial charge is 0.474 e. The molecule has 0 aliphatic carbocycles. The fraction of sp³-hybridized carbons (Fsp3) is 0.182. The summed E-state index contributed by atoms with van der Waals surface area (Å²) in [4.78, 5) is 0. The van der Waals surface area contributed by atoms with Crippen LogP contribution in [0.2, 0.25) is 0 Å². The zero-order chi connectivity index (χ0) is 14.7. The molecule has 0 atom stereocenters. The second kappa shape index (κ2) is 5.78. The monoisotopic (exact) mass is 299 g/mol. The summed E-state index contributed by atoms with van der Waals surface area (Å²) in [7, 11) is 1.44. The number of aromatic nitrogens is 3. The number of anilines is 1. The molecule has 0 saturated carbocycles. The van der Waals surface area contributed by atoms with Gasteiger partial charge in [-0.15, -0.1) is 5.10 Å². The third-order valence-corrected chi connectivity index (χ3v) is 2.78. The number of benzene rings is 1. The van der Waals surface area contributed by atoms with Crippen LogP contribution in [0.25, 0.3) is 5.69 Å². The third-order valence-electron chi connectivity index (χ3n) is 2.47. The van der Waals surface area contributed by atoms with Crippen LogP contribution in [0.5, 0.6) is 0 Å². The van der Waals surface area contributed by atoms with Crippen molar-refractivity contribution in [2.75, 3.05) is 12.8 Å². The van der Waals surface area contributed by atoms with E-state index in [1.807, 2.05) is 0 Å². The molecule has 0 fully saturated rings. The average molecular weight is 299 g/mol. The van der Waals surface area contributed by atoms with Crippen molar-refractivity contribution in [3.63, 3.8) is 0 Å². The smallest absolute Gasteiger partial charge is 0.256 e. The van der Waals surface area contributed by atoms with Crippen molar-refractivity contribution in [3.05, 3.63) is 35.7 Å². The molecule has 1 heterocycles. The van der Waals surface area contributed by atoms with Gasteiger partial charge in [0.2, 0.25) is 0 Å². The van der Waals surface area contributed by atoms with Crippen LogP contribution in [-0.4, -0.2) is 27.3 Å². The number of hydrogen-bond donors (Lipinski definition) is 2. The summed E-state index contributed by atoms with van der Waals surface area (Å²) in [5.41, 5.74) is 5.38. The van der Waals surface area contributed by atoms with Crippen molar-refractivity contribution in [2.24, 2.45) is 0 Å². The lowest BCUT2D eigenvalue weighted by atomic mass is 10.2. The van der Waals surface area contributed by atoms with Gasteiger partial charge in [-0.1, -0.05) is 5.21 Å². The van der Waals surface area contributed by atoms with Crippen molar-refractivity contribution in [1.82, 2.24) is 20.3 Å². The molecule has 0 spiro atoms. The van der Waals surface area contributed by atoms with Crippen LogP contribution in [0.3, 0.4) is 0 Å². The van der Waals surface area contributed by atoms with Gasteiger partial charge in [0.05, 0.1) is 25.5 Å². The molecule has 106 valence electrons. The summed E-state index contributed by atoms with van der Waals surface area (Å²) < 4.78 is 32.7. The summed E-state index contributed by atoms with van der Waals surface area (Å²) in [5.74, 6) is -1.70. The first-order valence-corrected chi connectivity index (χ1v) is 5.90. The van der Waals surface area contributed by atoms with Gasteiger partial charge < -0.3 is 15.8 Å². The fourth-order valence-corrected chi connectivity index (χ4v) is 1.52. The number of halogens is 2. The molecular formula is C11H11F2N5OS. The number of nitrogens with two attached hydrogens (primary N) is 1. The van der Waals surface area contributed by atoms with Crippen LogP contribution in [0, 0.1) is 11.6 Å². The molecule has 0 bridgehead atoms. The highest BCUT2D eigenvalue weighted by Crippen LogP contribution is 2.19. The Morgan fingerprint density at radius 3 is 2.70 bits per heavy atom. The number of nitrogens with one attached hydrogen (secondary N) is 1. The zero-order valence-corrected chi connectivity index (χ0v) is 11.2. The Morgan fingerprint density at radius 2 is 2.10 bits per heavy atom. The first-order valence-electron chi connectivity index (χ1n) is 5.49. The molecule has 1 aromatic heterocycles. The van der Waals surface area contributed by atoms with E-state index in [0.717, 1.165) is 12.1 Å². The van der Waals surface area contributed by atoms with Gasteiger partial charge in [0, 0.05) is 12.1 Å². The predicted molar refractivity (Wildman–Crippen MR) is 72.1 cm³/mol. The number of thiocarbonyl (C=S) groups is 1. The minimum Gasteiger partial charge on any atom is -0.474 e. The van der Waals surface area contributed by atoms with Gasteiger partial charge in [0.15, 0.2) is 11.6 Å². The zero-order valence-electron chi connectivity index (χ0n) is 10.4. The first-order chi connectivity index (χ1) is 9.51. The van der Waals surface area contributed by atoms with Crippen molar-refractivity contribution >= 4 is 23.1 Å². The number of nitrogen functional groups attached to an aromatic ring is 1. The maximum atomic E-state index is 13.4. The summed E-state index contributed by atoms with van der Waals surface area (Å²) in [6, 6.07) is 2.15. The molecule has 0 unspecified atom stereocenters. The van der Waals surface area contributed by atoms with Gasteiger partial charge in [0.1, 0.15) is 11.4 Å². The molecule has 2 rings (SSSR count). The molecule has 0 amide bonds. The Morgan fingerprint density at radius 1 is 1.45 bits per heavy atom. The summed E-state index contributed by atoms with van der Waals surface area (Å²) in [6.07, 6.45) is 1.51. The van der Waals surface area contributed by atoms with Gasteiger partial charge in [-0.2, -0.15) is 0 Å². The highest BCUT2D eigenvalue weighted by Gasteiger charge is 2.10. The number of methoxy groups -OCH3 is 1. The minimum atomic E-state index is -0.851. The maximum Gasteiger partial charge on any atom is 0.256 e. The molecule has 0 radical (unpaired) electrons. The van der Waals surface area contributed by atoms with Crippen molar-refractivity contribution < 1.29 is 13.5 Å². The van der Waals surface area contributed by atoms with Gasteiger partial charge in [-0.3, -0.25) is 0 Å².